The highest BCUT2D eigenvalue weighted by Gasteiger charge is 2.32. The standard InChI is InChI=1S/C17H23NO2/c1-11-7-8-14(9-12(11)2)20-17(19)16-10-13-5-3-4-6-15(13)18-16/h3-6,11-12,14,16,18H,7-10H2,1-2H3/t11?,12?,14?,16-/m0/s1. The Morgan fingerprint density at radius 1 is 1.20 bits per heavy atom. The van der Waals surface area contributed by atoms with Gasteiger partial charge < -0.3 is 10.1 Å². The minimum atomic E-state index is -0.206. The Morgan fingerprint density at radius 3 is 2.75 bits per heavy atom. The number of hydrogen-bond acceptors (Lipinski definition) is 3. The third-order valence-corrected chi connectivity index (χ3v) is 4.89. The lowest BCUT2D eigenvalue weighted by molar-refractivity contribution is -0.152. The summed E-state index contributed by atoms with van der Waals surface area (Å²) in [5.41, 5.74) is 2.28. The molecule has 1 saturated carbocycles. The largest absolute Gasteiger partial charge is 0.461 e. The molecule has 3 unspecified atom stereocenters. The van der Waals surface area contributed by atoms with Gasteiger partial charge in [-0.1, -0.05) is 32.0 Å². The lowest BCUT2D eigenvalue weighted by Gasteiger charge is -2.32. The number of benzene rings is 1. The van der Waals surface area contributed by atoms with Crippen LogP contribution < -0.4 is 5.32 Å². The van der Waals surface area contributed by atoms with Crippen molar-refractivity contribution >= 4 is 11.7 Å². The second kappa shape index (κ2) is 5.47. The predicted octanol–water partition coefficient (Wildman–Crippen LogP) is 3.39. The molecule has 0 bridgehead atoms. The lowest BCUT2D eigenvalue weighted by atomic mass is 9.80. The van der Waals surface area contributed by atoms with Crippen molar-refractivity contribution < 1.29 is 9.53 Å². The smallest absolute Gasteiger partial charge is 0.329 e. The molecule has 0 spiro atoms. The minimum absolute atomic E-state index is 0.0899. The van der Waals surface area contributed by atoms with Gasteiger partial charge in [0.05, 0.1) is 0 Å². The van der Waals surface area contributed by atoms with Gasteiger partial charge in [0, 0.05) is 12.1 Å². The maximum Gasteiger partial charge on any atom is 0.329 e. The molecule has 1 N–H and O–H groups in total. The monoisotopic (exact) mass is 273 g/mol. The van der Waals surface area contributed by atoms with E-state index in [0.29, 0.717) is 5.92 Å². The maximum atomic E-state index is 12.3. The molecule has 0 radical (unpaired) electrons. The molecular weight excluding hydrogens is 250 g/mol. The summed E-state index contributed by atoms with van der Waals surface area (Å²) in [5.74, 6) is 1.31. The molecule has 1 aliphatic heterocycles. The van der Waals surface area contributed by atoms with Crippen LogP contribution in [-0.2, 0) is 16.0 Å². The molecule has 1 aliphatic carbocycles. The molecule has 1 heterocycles. The van der Waals surface area contributed by atoms with Crippen LogP contribution in [0.1, 0.15) is 38.7 Å². The van der Waals surface area contributed by atoms with Crippen LogP contribution in [0.4, 0.5) is 5.69 Å². The lowest BCUT2D eigenvalue weighted by Crippen LogP contribution is -2.35. The first-order chi connectivity index (χ1) is 9.63. The normalized spacial score (nSPS) is 32.3. The molecule has 1 aromatic carbocycles. The molecule has 20 heavy (non-hydrogen) atoms. The molecule has 0 aromatic heterocycles. The predicted molar refractivity (Wildman–Crippen MR) is 79.6 cm³/mol. The van der Waals surface area contributed by atoms with Crippen molar-refractivity contribution in [1.82, 2.24) is 0 Å². The van der Waals surface area contributed by atoms with E-state index in [1.165, 1.54) is 5.56 Å². The van der Waals surface area contributed by atoms with E-state index in [-0.39, 0.29) is 18.1 Å². The van der Waals surface area contributed by atoms with Gasteiger partial charge in [-0.05, 0) is 42.7 Å². The maximum absolute atomic E-state index is 12.3. The summed E-state index contributed by atoms with van der Waals surface area (Å²) in [7, 11) is 0. The Labute approximate surface area is 120 Å². The highest BCUT2D eigenvalue weighted by Crippen LogP contribution is 2.32. The van der Waals surface area contributed by atoms with E-state index in [1.807, 2.05) is 18.2 Å². The van der Waals surface area contributed by atoms with Crippen molar-refractivity contribution in [3.8, 4) is 0 Å². The topological polar surface area (TPSA) is 38.3 Å². The molecule has 1 aromatic rings. The van der Waals surface area contributed by atoms with E-state index in [0.717, 1.165) is 37.3 Å². The van der Waals surface area contributed by atoms with Crippen LogP contribution in [-0.4, -0.2) is 18.1 Å². The van der Waals surface area contributed by atoms with E-state index in [2.05, 4.69) is 25.2 Å². The average Bonchev–Trinajstić information content (AvgIpc) is 2.87. The van der Waals surface area contributed by atoms with Crippen LogP contribution in [0.2, 0.25) is 0 Å². The van der Waals surface area contributed by atoms with Crippen molar-refractivity contribution in [3.05, 3.63) is 29.8 Å². The van der Waals surface area contributed by atoms with Crippen molar-refractivity contribution in [2.75, 3.05) is 5.32 Å². The minimum Gasteiger partial charge on any atom is -0.461 e. The van der Waals surface area contributed by atoms with Gasteiger partial charge in [0.2, 0.25) is 0 Å². The Morgan fingerprint density at radius 2 is 2.00 bits per heavy atom. The molecule has 3 nitrogen and oxygen atoms in total. The first kappa shape index (κ1) is 13.5. The second-order valence-electron chi connectivity index (χ2n) is 6.38. The molecule has 108 valence electrons. The Balaban J connectivity index is 1.56. The number of rotatable bonds is 2. The average molecular weight is 273 g/mol. The zero-order valence-corrected chi connectivity index (χ0v) is 12.3. The molecule has 0 amide bonds. The third-order valence-electron chi connectivity index (χ3n) is 4.89. The fourth-order valence-corrected chi connectivity index (χ4v) is 3.29. The summed E-state index contributed by atoms with van der Waals surface area (Å²) in [5, 5.41) is 3.27. The fourth-order valence-electron chi connectivity index (χ4n) is 3.29. The summed E-state index contributed by atoms with van der Waals surface area (Å²) in [4.78, 5) is 12.3. The molecule has 4 atom stereocenters. The van der Waals surface area contributed by atoms with Crippen molar-refractivity contribution in [2.24, 2.45) is 11.8 Å². The highest BCUT2D eigenvalue weighted by molar-refractivity contribution is 5.83. The Hall–Kier alpha value is -1.51. The number of fused-ring (bicyclic) bond motifs is 1. The van der Waals surface area contributed by atoms with Crippen LogP contribution in [0.3, 0.4) is 0 Å². The van der Waals surface area contributed by atoms with E-state index in [1.54, 1.807) is 0 Å². The number of para-hydroxylation sites is 1. The zero-order chi connectivity index (χ0) is 14.1. The van der Waals surface area contributed by atoms with Crippen LogP contribution in [0.15, 0.2) is 24.3 Å². The van der Waals surface area contributed by atoms with Crippen molar-refractivity contribution in [2.45, 2.75) is 51.7 Å². The zero-order valence-electron chi connectivity index (χ0n) is 12.3. The summed E-state index contributed by atoms with van der Waals surface area (Å²) in [6.45, 7) is 4.55. The second-order valence-corrected chi connectivity index (χ2v) is 6.38. The molecule has 3 rings (SSSR count). The number of ether oxygens (including phenoxy) is 1. The number of hydrogen-bond donors (Lipinski definition) is 1. The van der Waals surface area contributed by atoms with Gasteiger partial charge in [-0.3, -0.25) is 0 Å². The molecule has 3 heteroatoms. The third kappa shape index (κ3) is 2.67. The fraction of sp³-hybridized carbons (Fsp3) is 0.588. The molecule has 0 saturated heterocycles. The van der Waals surface area contributed by atoms with E-state index in [4.69, 9.17) is 4.74 Å². The van der Waals surface area contributed by atoms with E-state index >= 15 is 0 Å². The van der Waals surface area contributed by atoms with Gasteiger partial charge in [-0.2, -0.15) is 0 Å². The van der Waals surface area contributed by atoms with Crippen molar-refractivity contribution in [1.29, 1.82) is 0 Å². The van der Waals surface area contributed by atoms with E-state index < -0.39 is 0 Å². The molecular formula is C17H23NO2. The summed E-state index contributed by atoms with van der Waals surface area (Å²) in [6, 6.07) is 7.89. The van der Waals surface area contributed by atoms with Crippen LogP contribution in [0.5, 0.6) is 0 Å². The van der Waals surface area contributed by atoms with Crippen molar-refractivity contribution in [3.63, 3.8) is 0 Å². The number of anilines is 1. The number of carbonyl (C=O) groups is 1. The highest BCUT2D eigenvalue weighted by atomic mass is 16.5. The SMILES string of the molecule is CC1CCC(OC(=O)[C@@H]2Cc3ccccc3N2)CC1C. The van der Waals surface area contributed by atoms with Gasteiger partial charge in [0.25, 0.3) is 0 Å². The summed E-state index contributed by atoms with van der Waals surface area (Å²) in [6.07, 6.45) is 4.04. The first-order valence-electron chi connectivity index (χ1n) is 7.68. The van der Waals surface area contributed by atoms with Crippen LogP contribution >= 0.6 is 0 Å². The molecule has 1 fully saturated rings. The van der Waals surface area contributed by atoms with Gasteiger partial charge >= 0.3 is 5.97 Å². The van der Waals surface area contributed by atoms with Crippen LogP contribution in [0.25, 0.3) is 0 Å². The number of nitrogens with one attached hydrogen (secondary N) is 1. The van der Waals surface area contributed by atoms with Crippen LogP contribution in [0, 0.1) is 11.8 Å². The number of esters is 1. The van der Waals surface area contributed by atoms with Gasteiger partial charge in [-0.25, -0.2) is 4.79 Å². The number of carbonyl (C=O) groups excluding carboxylic acids is 1. The first-order valence-corrected chi connectivity index (χ1v) is 7.68. The van der Waals surface area contributed by atoms with Gasteiger partial charge in [0.1, 0.15) is 12.1 Å². The summed E-state index contributed by atoms with van der Waals surface area (Å²) < 4.78 is 5.72. The Kier molecular flexibility index (Phi) is 3.68. The molecule has 2 aliphatic rings. The van der Waals surface area contributed by atoms with E-state index in [9.17, 15) is 4.79 Å². The quantitative estimate of drug-likeness (QED) is 0.839. The van der Waals surface area contributed by atoms with Gasteiger partial charge in [-0.15, -0.1) is 0 Å². The Bertz CT molecular complexity index is 475. The summed E-state index contributed by atoms with van der Waals surface area (Å²) >= 11 is 0. The van der Waals surface area contributed by atoms with Gasteiger partial charge in [0.15, 0.2) is 0 Å².